The van der Waals surface area contributed by atoms with Crippen molar-refractivity contribution in [2.75, 3.05) is 6.26 Å². The molecule has 0 fully saturated rings. The molecule has 0 bridgehead atoms. The summed E-state index contributed by atoms with van der Waals surface area (Å²) in [7, 11) is 0. The van der Waals surface area contributed by atoms with Crippen LogP contribution >= 0.6 is 11.8 Å². The number of hydrogen-bond donors (Lipinski definition) is 1. The molecule has 2 aromatic rings. The van der Waals surface area contributed by atoms with Gasteiger partial charge < -0.3 is 10.5 Å². The molecule has 0 heterocycles. The summed E-state index contributed by atoms with van der Waals surface area (Å²) >= 11 is 1.72. The Morgan fingerprint density at radius 2 is 1.44 bits per heavy atom. The van der Waals surface area contributed by atoms with E-state index in [1.807, 2.05) is 43.3 Å². The lowest BCUT2D eigenvalue weighted by Crippen LogP contribution is -2.04. The Morgan fingerprint density at radius 3 is 1.89 bits per heavy atom. The molecular formula is C15H17NOS. The Kier molecular flexibility index (Phi) is 4.28. The zero-order valence-electron chi connectivity index (χ0n) is 10.6. The van der Waals surface area contributed by atoms with Gasteiger partial charge in [-0.25, -0.2) is 0 Å². The van der Waals surface area contributed by atoms with Gasteiger partial charge in [0.2, 0.25) is 0 Å². The molecule has 0 saturated heterocycles. The predicted octanol–water partition coefficient (Wildman–Crippen LogP) is 4.22. The minimum absolute atomic E-state index is 0.0555. The van der Waals surface area contributed by atoms with Crippen LogP contribution in [-0.2, 0) is 0 Å². The Morgan fingerprint density at radius 1 is 0.944 bits per heavy atom. The lowest BCUT2D eigenvalue weighted by molar-refractivity contribution is 0.482. The Labute approximate surface area is 112 Å². The van der Waals surface area contributed by atoms with E-state index in [4.69, 9.17) is 10.5 Å². The fourth-order valence-corrected chi connectivity index (χ4v) is 2.03. The van der Waals surface area contributed by atoms with Crippen molar-refractivity contribution in [3.8, 4) is 11.5 Å². The average Bonchev–Trinajstić information content (AvgIpc) is 2.40. The van der Waals surface area contributed by atoms with Gasteiger partial charge in [0, 0.05) is 10.9 Å². The summed E-state index contributed by atoms with van der Waals surface area (Å²) in [5.41, 5.74) is 6.92. The van der Waals surface area contributed by atoms with Gasteiger partial charge in [-0.2, -0.15) is 0 Å². The van der Waals surface area contributed by atoms with Crippen LogP contribution in [0, 0.1) is 0 Å². The Bertz CT molecular complexity index is 491. The van der Waals surface area contributed by atoms with Crippen LogP contribution in [0.2, 0.25) is 0 Å². The summed E-state index contributed by atoms with van der Waals surface area (Å²) in [6.07, 6.45) is 2.06. The number of rotatable bonds is 4. The molecule has 0 aliphatic rings. The minimum atomic E-state index is 0.0555. The van der Waals surface area contributed by atoms with Gasteiger partial charge in [-0.1, -0.05) is 12.1 Å². The third-order valence-corrected chi connectivity index (χ3v) is 3.44. The number of thioether (sulfide) groups is 1. The van der Waals surface area contributed by atoms with E-state index in [1.54, 1.807) is 11.8 Å². The molecule has 94 valence electrons. The van der Waals surface area contributed by atoms with E-state index in [9.17, 15) is 0 Å². The van der Waals surface area contributed by atoms with Gasteiger partial charge in [-0.15, -0.1) is 11.8 Å². The van der Waals surface area contributed by atoms with Crippen molar-refractivity contribution >= 4 is 11.8 Å². The topological polar surface area (TPSA) is 35.2 Å². The van der Waals surface area contributed by atoms with Crippen molar-refractivity contribution in [1.29, 1.82) is 0 Å². The summed E-state index contributed by atoms with van der Waals surface area (Å²) in [6, 6.07) is 16.0. The second-order valence-corrected chi connectivity index (χ2v) is 5.01. The van der Waals surface area contributed by atoms with Crippen LogP contribution in [0.1, 0.15) is 18.5 Å². The highest BCUT2D eigenvalue weighted by molar-refractivity contribution is 7.98. The van der Waals surface area contributed by atoms with Crippen molar-refractivity contribution < 1.29 is 4.74 Å². The normalized spacial score (nSPS) is 12.2. The molecule has 18 heavy (non-hydrogen) atoms. The molecule has 3 heteroatoms. The first-order valence-electron chi connectivity index (χ1n) is 5.86. The van der Waals surface area contributed by atoms with E-state index >= 15 is 0 Å². The van der Waals surface area contributed by atoms with Gasteiger partial charge in [0.1, 0.15) is 11.5 Å². The van der Waals surface area contributed by atoms with E-state index in [-0.39, 0.29) is 6.04 Å². The lowest BCUT2D eigenvalue weighted by atomic mass is 10.1. The molecular weight excluding hydrogens is 242 g/mol. The van der Waals surface area contributed by atoms with Crippen LogP contribution in [-0.4, -0.2) is 6.26 Å². The van der Waals surface area contributed by atoms with Crippen molar-refractivity contribution in [3.63, 3.8) is 0 Å². The summed E-state index contributed by atoms with van der Waals surface area (Å²) < 4.78 is 5.76. The highest BCUT2D eigenvalue weighted by Crippen LogP contribution is 2.25. The van der Waals surface area contributed by atoms with Gasteiger partial charge in [0.05, 0.1) is 0 Å². The van der Waals surface area contributed by atoms with Crippen LogP contribution in [0.4, 0.5) is 0 Å². The quantitative estimate of drug-likeness (QED) is 0.835. The van der Waals surface area contributed by atoms with Crippen molar-refractivity contribution in [2.24, 2.45) is 5.73 Å². The van der Waals surface area contributed by atoms with Gasteiger partial charge in [0.15, 0.2) is 0 Å². The number of benzene rings is 2. The molecule has 0 spiro atoms. The van der Waals surface area contributed by atoms with Crippen molar-refractivity contribution in [3.05, 3.63) is 54.1 Å². The molecule has 1 atom stereocenters. The largest absolute Gasteiger partial charge is 0.457 e. The summed E-state index contributed by atoms with van der Waals surface area (Å²) in [4.78, 5) is 1.23. The standard InChI is InChI=1S/C15H17NOS/c1-11(16)12-3-5-13(6-4-12)17-14-7-9-15(18-2)10-8-14/h3-11H,16H2,1-2H3/t11-/m1/s1. The van der Waals surface area contributed by atoms with Crippen molar-refractivity contribution in [1.82, 2.24) is 0 Å². The van der Waals surface area contributed by atoms with Gasteiger partial charge in [0.25, 0.3) is 0 Å². The van der Waals surface area contributed by atoms with Crippen LogP contribution in [0.3, 0.4) is 0 Å². The highest BCUT2D eigenvalue weighted by Gasteiger charge is 2.01. The molecule has 0 aliphatic heterocycles. The molecule has 0 aromatic heterocycles. The number of hydrogen-bond acceptors (Lipinski definition) is 3. The molecule has 0 saturated carbocycles. The van der Waals surface area contributed by atoms with Crippen LogP contribution in [0.5, 0.6) is 11.5 Å². The maximum absolute atomic E-state index is 5.81. The molecule has 0 aliphatic carbocycles. The summed E-state index contributed by atoms with van der Waals surface area (Å²) in [5.74, 6) is 1.68. The molecule has 0 radical (unpaired) electrons. The maximum atomic E-state index is 5.81. The molecule has 2 aromatic carbocycles. The Hall–Kier alpha value is -1.45. The van der Waals surface area contributed by atoms with Gasteiger partial charge in [-0.3, -0.25) is 0 Å². The number of nitrogens with two attached hydrogens (primary N) is 1. The van der Waals surface area contributed by atoms with E-state index in [0.29, 0.717) is 0 Å². The molecule has 2 nitrogen and oxygen atoms in total. The lowest BCUT2D eigenvalue weighted by Gasteiger charge is -2.09. The minimum Gasteiger partial charge on any atom is -0.457 e. The first-order valence-corrected chi connectivity index (χ1v) is 7.09. The fraction of sp³-hybridized carbons (Fsp3) is 0.200. The second-order valence-electron chi connectivity index (χ2n) is 4.14. The first-order chi connectivity index (χ1) is 8.69. The molecule has 2 N–H and O–H groups in total. The average molecular weight is 259 g/mol. The molecule has 2 rings (SSSR count). The van der Waals surface area contributed by atoms with E-state index in [0.717, 1.165) is 17.1 Å². The smallest absolute Gasteiger partial charge is 0.127 e. The van der Waals surface area contributed by atoms with E-state index < -0.39 is 0 Å². The van der Waals surface area contributed by atoms with E-state index in [2.05, 4.69) is 18.4 Å². The predicted molar refractivity (Wildman–Crippen MR) is 77.3 cm³/mol. The molecule has 0 amide bonds. The number of ether oxygens (including phenoxy) is 1. The second kappa shape index (κ2) is 5.94. The highest BCUT2D eigenvalue weighted by atomic mass is 32.2. The van der Waals surface area contributed by atoms with E-state index in [1.165, 1.54) is 4.90 Å². The zero-order chi connectivity index (χ0) is 13.0. The SMILES string of the molecule is CSc1ccc(Oc2ccc([C@@H](C)N)cc2)cc1. The maximum Gasteiger partial charge on any atom is 0.127 e. The van der Waals surface area contributed by atoms with Crippen LogP contribution in [0.15, 0.2) is 53.4 Å². The monoisotopic (exact) mass is 259 g/mol. The fourth-order valence-electron chi connectivity index (χ4n) is 1.62. The third kappa shape index (κ3) is 3.28. The van der Waals surface area contributed by atoms with Crippen molar-refractivity contribution in [2.45, 2.75) is 17.9 Å². The third-order valence-electron chi connectivity index (χ3n) is 2.70. The van der Waals surface area contributed by atoms with Crippen LogP contribution < -0.4 is 10.5 Å². The van der Waals surface area contributed by atoms with Crippen LogP contribution in [0.25, 0.3) is 0 Å². The zero-order valence-corrected chi connectivity index (χ0v) is 11.4. The first kappa shape index (κ1) is 13.0. The summed E-state index contributed by atoms with van der Waals surface area (Å²) in [5, 5.41) is 0. The Balaban J connectivity index is 2.08. The van der Waals surface area contributed by atoms with Gasteiger partial charge >= 0.3 is 0 Å². The summed E-state index contributed by atoms with van der Waals surface area (Å²) in [6.45, 7) is 1.97. The van der Waals surface area contributed by atoms with Gasteiger partial charge in [-0.05, 0) is 55.1 Å². The molecule has 0 unspecified atom stereocenters.